The van der Waals surface area contributed by atoms with Gasteiger partial charge in [0, 0.05) is 31.6 Å². The van der Waals surface area contributed by atoms with Crippen LogP contribution in [0.1, 0.15) is 202 Å². The van der Waals surface area contributed by atoms with E-state index in [1.807, 2.05) is 0 Å². The van der Waals surface area contributed by atoms with E-state index in [0.717, 1.165) is 37.5 Å². The highest BCUT2D eigenvalue weighted by atomic mass is 16.6. The fraction of sp³-hybridized carbons (Fsp3) is 0.693. The van der Waals surface area contributed by atoms with Gasteiger partial charge < -0.3 is 58.5 Å². The first-order valence-corrected chi connectivity index (χ1v) is 34.4. The molecular formula is C75H103NO18. The standard InChI is InChI=1S/C75H103NO18/c1-42(2)22-21-23-43(3)51-30-31-52-50-29-28-48-36-49(32-34-70(48,11)53(50)33-35-71(51,52)12)89-57(79)39-87-40-58(80)91-62(60(46-24-17-15-18-25-46)76-67(85)94-68(6,7)8)65(84)90-54-38-74(86)66(92-64(83)47-26-19-16-20-27-47)73(14)72(13,63(82)61(81)59(44(54)4)69(74,9)10)55(78)37-56-75(73,41-88-56)93-45(5)77/h15-20,24-28,42-43,49-56,60-62,66,78,81,86H,21-23,29-41H2,1-14H3,(H,76,85)/t43-,49+,50+,51-,52+,53+,54+,55+,56-,60+,61-,62-,66+,70+,71-,72+,73?,74-,75+/m1/s1. The lowest BCUT2D eigenvalue weighted by molar-refractivity contribution is -0.380. The first-order valence-electron chi connectivity index (χ1n) is 34.4. The summed E-state index contributed by atoms with van der Waals surface area (Å²) in [5.74, 6) is -1.73. The number of fused-ring (bicyclic) bond motifs is 10. The Morgan fingerprint density at radius 1 is 0.809 bits per heavy atom. The van der Waals surface area contributed by atoms with Crippen molar-refractivity contribution in [2.75, 3.05) is 19.8 Å². The van der Waals surface area contributed by atoms with E-state index in [-0.39, 0.29) is 46.8 Å². The predicted octanol–water partition coefficient (Wildman–Crippen LogP) is 11.2. The van der Waals surface area contributed by atoms with Gasteiger partial charge in [-0.3, -0.25) is 9.59 Å². The largest absolute Gasteiger partial charge is 0.460 e. The number of rotatable bonds is 19. The number of hydrogen-bond acceptors (Lipinski definition) is 18. The van der Waals surface area contributed by atoms with Crippen molar-refractivity contribution in [2.24, 2.45) is 62.6 Å². The summed E-state index contributed by atoms with van der Waals surface area (Å²) in [5, 5.41) is 41.8. The molecule has 2 aromatic rings. The molecule has 8 aliphatic rings. The summed E-state index contributed by atoms with van der Waals surface area (Å²) in [4.78, 5) is 101. The van der Waals surface area contributed by atoms with Crippen LogP contribution in [0.2, 0.25) is 0 Å². The van der Waals surface area contributed by atoms with Crippen molar-refractivity contribution in [3.8, 4) is 0 Å². The molecule has 0 radical (unpaired) electrons. The maximum absolute atomic E-state index is 15.6. The maximum atomic E-state index is 15.6. The minimum absolute atomic E-state index is 0.0215. The molecule has 1 saturated heterocycles. The van der Waals surface area contributed by atoms with E-state index in [4.69, 9.17) is 37.9 Å². The molecule has 1 heterocycles. The topological polar surface area (TPSA) is 266 Å². The predicted molar refractivity (Wildman–Crippen MR) is 346 cm³/mol. The van der Waals surface area contributed by atoms with Crippen LogP contribution in [0.15, 0.2) is 83.5 Å². The third-order valence-corrected chi connectivity index (χ3v) is 24.7. The molecule has 0 spiro atoms. The summed E-state index contributed by atoms with van der Waals surface area (Å²) in [6.45, 7) is 23.8. The van der Waals surface area contributed by atoms with E-state index in [1.54, 1.807) is 69.3 Å². The number of Topliss-reactive ketones (excluding diaryl/α,β-unsaturated/α-hetero) is 1. The van der Waals surface area contributed by atoms with E-state index in [1.165, 1.54) is 97.3 Å². The van der Waals surface area contributed by atoms with Gasteiger partial charge in [0.15, 0.2) is 11.4 Å². The maximum Gasteiger partial charge on any atom is 0.408 e. The monoisotopic (exact) mass is 1310 g/mol. The number of hydrogen-bond donors (Lipinski definition) is 4. The molecule has 10 rings (SSSR count). The smallest absolute Gasteiger partial charge is 0.408 e. The lowest BCUT2D eigenvalue weighted by Gasteiger charge is -2.72. The first-order chi connectivity index (χ1) is 44.1. The molecule has 1 amide bonds. The van der Waals surface area contributed by atoms with Crippen molar-refractivity contribution in [1.29, 1.82) is 0 Å². The number of carbonyl (C=O) groups excluding carboxylic acids is 7. The average Bonchev–Trinajstić information content (AvgIpc) is 0.731. The summed E-state index contributed by atoms with van der Waals surface area (Å²) in [7, 11) is 0. The van der Waals surface area contributed by atoms with Gasteiger partial charge in [0.25, 0.3) is 0 Å². The second-order valence-corrected chi connectivity index (χ2v) is 31.7. The SMILES string of the molecule is CC(=O)O[C@@]12CO[C@@H]1C[C@H](O)[C@@]1(C)C(=O)[C@H](O)C3=C(C)[C@@H](OC(=O)[C@H](OC(=O)COCC(=O)O[C@H]4CC[C@@]5(C)C(=CC[C@H]6[C@@H]7CC[C@H]([C@H](C)CCCC(C)C)[C@@]7(C)CC[C@@H]65)C4)[C@@H](NC(=O)OC(C)(C)C)c4ccccc4)C[C@@](O)([C@@H](OC(=O)c4ccccc4)C21C)C3(C)C. The van der Waals surface area contributed by atoms with Gasteiger partial charge in [0.05, 0.1) is 29.1 Å². The molecule has 19 nitrogen and oxygen atoms in total. The number of ketones is 1. The van der Waals surface area contributed by atoms with Gasteiger partial charge in [-0.2, -0.15) is 0 Å². The molecular weight excluding hydrogens is 1200 g/mol. The van der Waals surface area contributed by atoms with E-state index in [9.17, 15) is 39.3 Å². The number of carbonyl (C=O) groups is 7. The van der Waals surface area contributed by atoms with Crippen LogP contribution in [0.5, 0.6) is 0 Å². The number of ether oxygens (including phenoxy) is 8. The second kappa shape index (κ2) is 26.4. The Labute approximate surface area is 554 Å². The molecule has 1 unspecified atom stereocenters. The lowest BCUT2D eigenvalue weighted by Crippen LogP contribution is -2.86. The van der Waals surface area contributed by atoms with Crippen LogP contribution < -0.4 is 5.32 Å². The summed E-state index contributed by atoms with van der Waals surface area (Å²) in [6, 6.07) is 14.4. The Hall–Kier alpha value is -5.99. The van der Waals surface area contributed by atoms with Crippen molar-refractivity contribution < 1.29 is 86.8 Å². The van der Waals surface area contributed by atoms with Crippen LogP contribution >= 0.6 is 0 Å². The van der Waals surface area contributed by atoms with E-state index in [2.05, 4.69) is 46.0 Å². The van der Waals surface area contributed by atoms with Crippen molar-refractivity contribution >= 4 is 41.7 Å². The zero-order chi connectivity index (χ0) is 68.5. The average molecular weight is 1310 g/mol. The third kappa shape index (κ3) is 12.4. The minimum atomic E-state index is -2.52. The summed E-state index contributed by atoms with van der Waals surface area (Å²) in [5.41, 5.74) is -9.52. The zero-order valence-electron chi connectivity index (χ0n) is 57.7. The van der Waals surface area contributed by atoms with Gasteiger partial charge in [0.2, 0.25) is 6.10 Å². The third-order valence-electron chi connectivity index (χ3n) is 24.7. The number of nitrogens with one attached hydrogen (secondary N) is 1. The van der Waals surface area contributed by atoms with E-state index in [0.29, 0.717) is 36.0 Å². The molecule has 19 atom stereocenters. The minimum Gasteiger partial charge on any atom is -0.460 e. The number of benzene rings is 2. The molecule has 2 bridgehead atoms. The molecule has 4 N–H and O–H groups in total. The Balaban J connectivity index is 0.896. The van der Waals surface area contributed by atoms with Crippen LogP contribution in [0.4, 0.5) is 4.79 Å². The first kappa shape index (κ1) is 70.8. The highest BCUT2D eigenvalue weighted by Crippen LogP contribution is 2.71. The Morgan fingerprint density at radius 3 is 2.12 bits per heavy atom. The lowest BCUT2D eigenvalue weighted by atomic mass is 9.38. The normalized spacial score (nSPS) is 36.5. The van der Waals surface area contributed by atoms with Crippen LogP contribution in [0.3, 0.4) is 0 Å². The van der Waals surface area contributed by atoms with Crippen LogP contribution in [0, 0.1) is 62.6 Å². The van der Waals surface area contributed by atoms with Gasteiger partial charge in [0.1, 0.15) is 61.0 Å². The van der Waals surface area contributed by atoms with Crippen molar-refractivity contribution in [3.63, 3.8) is 0 Å². The van der Waals surface area contributed by atoms with Gasteiger partial charge in [-0.05, 0) is 155 Å². The second-order valence-electron chi connectivity index (χ2n) is 31.7. The molecule has 6 fully saturated rings. The van der Waals surface area contributed by atoms with Crippen molar-refractivity contribution in [2.45, 2.75) is 246 Å². The Bertz CT molecular complexity index is 3260. The van der Waals surface area contributed by atoms with Crippen molar-refractivity contribution in [1.82, 2.24) is 5.32 Å². The molecule has 7 aliphatic carbocycles. The van der Waals surface area contributed by atoms with Gasteiger partial charge >= 0.3 is 35.9 Å². The quantitative estimate of drug-likeness (QED) is 0.0578. The summed E-state index contributed by atoms with van der Waals surface area (Å²) < 4.78 is 48.6. The summed E-state index contributed by atoms with van der Waals surface area (Å²) in [6.07, 6.45) is 1.87. The van der Waals surface area contributed by atoms with Crippen LogP contribution in [0.25, 0.3) is 0 Å². The van der Waals surface area contributed by atoms with Gasteiger partial charge in [-0.25, -0.2) is 24.0 Å². The highest BCUT2D eigenvalue weighted by Gasteiger charge is 2.84. The van der Waals surface area contributed by atoms with Crippen LogP contribution in [-0.2, 0) is 61.9 Å². The highest BCUT2D eigenvalue weighted by molar-refractivity contribution is 5.95. The number of allylic oxidation sites excluding steroid dienone is 1. The number of aliphatic hydroxyl groups is 3. The fourth-order valence-corrected chi connectivity index (χ4v) is 19.5. The Morgan fingerprint density at radius 2 is 1.48 bits per heavy atom. The van der Waals surface area contributed by atoms with E-state index < -0.39 is 137 Å². The number of aliphatic hydroxyl groups excluding tert-OH is 2. The Kier molecular flexibility index (Phi) is 19.9. The number of esters is 5. The van der Waals surface area contributed by atoms with Gasteiger partial charge in [-0.1, -0.05) is 135 Å². The molecule has 0 aromatic heterocycles. The van der Waals surface area contributed by atoms with Crippen LogP contribution in [-0.4, -0.2) is 136 Å². The molecule has 94 heavy (non-hydrogen) atoms. The zero-order valence-corrected chi connectivity index (χ0v) is 57.7. The van der Waals surface area contributed by atoms with Gasteiger partial charge in [-0.15, -0.1) is 0 Å². The molecule has 5 saturated carbocycles. The molecule has 19 heteroatoms. The van der Waals surface area contributed by atoms with E-state index >= 15 is 9.59 Å². The molecule has 516 valence electrons. The fourth-order valence-electron chi connectivity index (χ4n) is 19.5. The van der Waals surface area contributed by atoms with Crippen molar-refractivity contribution in [3.05, 3.63) is 94.6 Å². The molecule has 2 aromatic carbocycles. The number of amides is 1. The molecule has 1 aliphatic heterocycles. The number of alkyl carbamates (subject to hydrolysis) is 1. The summed E-state index contributed by atoms with van der Waals surface area (Å²) >= 11 is 0.